The second-order valence-corrected chi connectivity index (χ2v) is 6.58. The Morgan fingerprint density at radius 2 is 2.08 bits per heavy atom. The van der Waals surface area contributed by atoms with Gasteiger partial charge in [-0.15, -0.1) is 0 Å². The molecule has 0 spiro atoms. The smallest absolute Gasteiger partial charge is 0.251 e. The summed E-state index contributed by atoms with van der Waals surface area (Å²) in [5.41, 5.74) is 4.27. The van der Waals surface area contributed by atoms with Crippen LogP contribution in [-0.2, 0) is 0 Å². The van der Waals surface area contributed by atoms with Crippen LogP contribution in [-0.4, -0.2) is 17.2 Å². The largest absolute Gasteiger partial charge is 0.507 e. The van der Waals surface area contributed by atoms with Crippen LogP contribution in [0.15, 0.2) is 59.1 Å². The monoisotopic (exact) mass is 349 g/mol. The van der Waals surface area contributed by atoms with E-state index in [4.69, 9.17) is 4.74 Å². The van der Waals surface area contributed by atoms with Crippen molar-refractivity contribution in [2.75, 3.05) is 7.11 Å². The number of hydrogen-bond acceptors (Lipinski definition) is 3. The third-order valence-corrected chi connectivity index (χ3v) is 4.56. The van der Waals surface area contributed by atoms with Crippen LogP contribution in [0.1, 0.15) is 24.5 Å². The molecule has 1 atom stereocenters. The second kappa shape index (κ2) is 7.48. The molecule has 1 heterocycles. The van der Waals surface area contributed by atoms with Crippen molar-refractivity contribution < 1.29 is 9.84 Å². The van der Waals surface area contributed by atoms with Crippen molar-refractivity contribution in [3.8, 4) is 22.6 Å². The zero-order chi connectivity index (χ0) is 18.7. The highest BCUT2D eigenvalue weighted by Crippen LogP contribution is 2.34. The molecule has 0 saturated heterocycles. The summed E-state index contributed by atoms with van der Waals surface area (Å²) in [5.74, 6) is 1.12. The Morgan fingerprint density at radius 1 is 1.27 bits per heavy atom. The molecule has 0 radical (unpaired) electrons. The van der Waals surface area contributed by atoms with Crippen LogP contribution < -0.4 is 10.3 Å². The molecule has 1 aromatic carbocycles. The highest BCUT2D eigenvalue weighted by Gasteiger charge is 2.12. The minimum absolute atomic E-state index is 0.0379. The summed E-state index contributed by atoms with van der Waals surface area (Å²) in [4.78, 5) is 14.0. The maximum absolute atomic E-state index is 11.4. The van der Waals surface area contributed by atoms with E-state index in [2.05, 4.69) is 42.3 Å². The number of benzene rings is 1. The van der Waals surface area contributed by atoms with Crippen molar-refractivity contribution in [1.29, 1.82) is 0 Å². The number of H-pyrrole nitrogens is 1. The van der Waals surface area contributed by atoms with Gasteiger partial charge in [0.15, 0.2) is 0 Å². The maximum atomic E-state index is 11.4. The fourth-order valence-corrected chi connectivity index (χ4v) is 3.17. The molecular weight excluding hydrogens is 326 g/mol. The first-order valence-electron chi connectivity index (χ1n) is 8.62. The predicted molar refractivity (Wildman–Crippen MR) is 105 cm³/mol. The van der Waals surface area contributed by atoms with Gasteiger partial charge in [0.25, 0.3) is 5.56 Å². The maximum Gasteiger partial charge on any atom is 0.251 e. The molecule has 1 unspecified atom stereocenters. The molecule has 0 fully saturated rings. The molecule has 3 rings (SSSR count). The van der Waals surface area contributed by atoms with Crippen LogP contribution in [0.25, 0.3) is 17.2 Å². The summed E-state index contributed by atoms with van der Waals surface area (Å²) < 4.78 is 5.57. The number of nitrogens with one attached hydrogen (secondary N) is 1. The van der Waals surface area contributed by atoms with Crippen LogP contribution in [0.4, 0.5) is 0 Å². The van der Waals surface area contributed by atoms with Crippen LogP contribution in [0, 0.1) is 12.8 Å². The van der Waals surface area contributed by atoms with E-state index in [1.54, 1.807) is 7.11 Å². The molecule has 2 N–H and O–H groups in total. The van der Waals surface area contributed by atoms with Gasteiger partial charge in [0.1, 0.15) is 11.5 Å². The fourth-order valence-electron chi connectivity index (χ4n) is 3.17. The molecule has 134 valence electrons. The minimum Gasteiger partial charge on any atom is -0.507 e. The molecule has 26 heavy (non-hydrogen) atoms. The summed E-state index contributed by atoms with van der Waals surface area (Å²) in [6, 6.07) is 5.09. The van der Waals surface area contributed by atoms with Gasteiger partial charge in [-0.25, -0.2) is 0 Å². The molecule has 0 bridgehead atoms. The average molecular weight is 349 g/mol. The van der Waals surface area contributed by atoms with Gasteiger partial charge in [-0.1, -0.05) is 36.0 Å². The number of aryl methyl sites for hydroxylation is 1. The molecule has 1 aromatic heterocycles. The third-order valence-electron chi connectivity index (χ3n) is 4.56. The lowest BCUT2D eigenvalue weighted by Gasteiger charge is -2.14. The van der Waals surface area contributed by atoms with Gasteiger partial charge < -0.3 is 14.8 Å². The van der Waals surface area contributed by atoms with Gasteiger partial charge in [-0.2, -0.15) is 0 Å². The predicted octanol–water partition coefficient (Wildman–Crippen LogP) is 4.60. The minimum atomic E-state index is -0.330. The van der Waals surface area contributed by atoms with Crippen molar-refractivity contribution in [3.63, 3.8) is 0 Å². The highest BCUT2D eigenvalue weighted by molar-refractivity contribution is 5.75. The molecule has 1 aliphatic rings. The van der Waals surface area contributed by atoms with Gasteiger partial charge >= 0.3 is 0 Å². The van der Waals surface area contributed by atoms with E-state index < -0.39 is 0 Å². The Bertz CT molecular complexity index is 964. The lowest BCUT2D eigenvalue weighted by molar-refractivity contribution is 0.411. The summed E-state index contributed by atoms with van der Waals surface area (Å²) in [6.45, 7) is 4.07. The quantitative estimate of drug-likeness (QED) is 0.848. The fraction of sp³-hybridized carbons (Fsp3) is 0.227. The molecule has 4 heteroatoms. The zero-order valence-corrected chi connectivity index (χ0v) is 15.2. The zero-order valence-electron chi connectivity index (χ0n) is 15.2. The SMILES string of the molecule is COc1c(C)cc(-c2c[nH]c(=O)cc2O)cc1/C=C/C1C=CC(C)=CC1. The van der Waals surface area contributed by atoms with Crippen LogP contribution in [0.5, 0.6) is 11.5 Å². The standard InChI is InChI=1S/C22H23NO3/c1-14-4-6-16(7-5-14)8-9-17-11-18(10-15(2)22(17)26-3)19-13-23-21(25)12-20(19)24/h4-6,8-13,16H,7H2,1-3H3,(H2,23,24,25)/b9-8+. The second-order valence-electron chi connectivity index (χ2n) is 6.58. The van der Waals surface area contributed by atoms with E-state index in [1.807, 2.05) is 19.1 Å². The molecular formula is C22H23NO3. The number of aromatic hydroxyl groups is 1. The molecule has 0 amide bonds. The van der Waals surface area contributed by atoms with Gasteiger partial charge in [-0.05, 0) is 49.4 Å². The Balaban J connectivity index is 2.00. The number of aromatic amines is 1. The Hall–Kier alpha value is -3.01. The van der Waals surface area contributed by atoms with E-state index >= 15 is 0 Å². The van der Waals surface area contributed by atoms with Gasteiger partial charge in [0, 0.05) is 23.4 Å². The number of hydrogen-bond donors (Lipinski definition) is 2. The Kier molecular flexibility index (Phi) is 5.12. The van der Waals surface area contributed by atoms with E-state index in [9.17, 15) is 9.90 Å². The first kappa shape index (κ1) is 17.8. The molecule has 1 aliphatic carbocycles. The summed E-state index contributed by atoms with van der Waals surface area (Å²) in [5, 5.41) is 10.1. The first-order valence-corrected chi connectivity index (χ1v) is 8.62. The topological polar surface area (TPSA) is 62.3 Å². The van der Waals surface area contributed by atoms with Crippen molar-refractivity contribution in [1.82, 2.24) is 4.98 Å². The summed E-state index contributed by atoms with van der Waals surface area (Å²) in [7, 11) is 1.66. The van der Waals surface area contributed by atoms with Crippen LogP contribution in [0.2, 0.25) is 0 Å². The lowest BCUT2D eigenvalue weighted by atomic mass is 9.95. The normalized spacial score (nSPS) is 16.7. The average Bonchev–Trinajstić information content (AvgIpc) is 2.61. The van der Waals surface area contributed by atoms with Crippen molar-refractivity contribution in [2.45, 2.75) is 20.3 Å². The number of aromatic nitrogens is 1. The van der Waals surface area contributed by atoms with Gasteiger partial charge in [-0.3, -0.25) is 4.79 Å². The first-order chi connectivity index (χ1) is 12.5. The Morgan fingerprint density at radius 3 is 2.73 bits per heavy atom. The van der Waals surface area contributed by atoms with Crippen LogP contribution in [0.3, 0.4) is 0 Å². The molecule has 0 saturated carbocycles. The summed E-state index contributed by atoms with van der Waals surface area (Å²) in [6.07, 6.45) is 13.3. The van der Waals surface area contributed by atoms with E-state index in [0.717, 1.165) is 28.9 Å². The van der Waals surface area contributed by atoms with E-state index in [0.29, 0.717) is 11.5 Å². The lowest BCUT2D eigenvalue weighted by Crippen LogP contribution is -2.02. The number of rotatable bonds is 4. The van der Waals surface area contributed by atoms with E-state index in [-0.39, 0.29) is 11.3 Å². The van der Waals surface area contributed by atoms with Crippen molar-refractivity contribution >= 4 is 6.08 Å². The number of pyridine rings is 1. The van der Waals surface area contributed by atoms with Crippen molar-refractivity contribution in [3.05, 3.63) is 75.8 Å². The summed E-state index contributed by atoms with van der Waals surface area (Å²) >= 11 is 0. The molecule has 0 aliphatic heterocycles. The third kappa shape index (κ3) is 3.80. The van der Waals surface area contributed by atoms with Gasteiger partial charge in [0.2, 0.25) is 0 Å². The van der Waals surface area contributed by atoms with Gasteiger partial charge in [0.05, 0.1) is 7.11 Å². The Labute approximate surface area is 153 Å². The number of methoxy groups -OCH3 is 1. The number of ether oxygens (including phenoxy) is 1. The van der Waals surface area contributed by atoms with E-state index in [1.165, 1.54) is 17.8 Å². The van der Waals surface area contributed by atoms with Crippen LogP contribution >= 0.6 is 0 Å². The molecule has 4 nitrogen and oxygen atoms in total. The van der Waals surface area contributed by atoms with Crippen molar-refractivity contribution in [2.24, 2.45) is 5.92 Å². The number of allylic oxidation sites excluding steroid dienone is 5. The molecule has 2 aromatic rings. The highest BCUT2D eigenvalue weighted by atomic mass is 16.5.